The number of nitrogens with zero attached hydrogens (tertiary/aromatic N) is 1. The summed E-state index contributed by atoms with van der Waals surface area (Å²) in [5.41, 5.74) is 1.17. The van der Waals surface area contributed by atoms with Crippen molar-refractivity contribution >= 4 is 28.0 Å². The van der Waals surface area contributed by atoms with Crippen molar-refractivity contribution in [1.29, 1.82) is 0 Å². The van der Waals surface area contributed by atoms with Crippen molar-refractivity contribution in [2.24, 2.45) is 0 Å². The number of hydrogen-bond acceptors (Lipinski definition) is 3. The van der Waals surface area contributed by atoms with E-state index < -0.39 is 10.8 Å². The lowest BCUT2D eigenvalue weighted by Gasteiger charge is -2.43. The van der Waals surface area contributed by atoms with Crippen molar-refractivity contribution in [3.8, 4) is 0 Å². The van der Waals surface area contributed by atoms with Gasteiger partial charge in [0.25, 0.3) is 0 Å². The van der Waals surface area contributed by atoms with Crippen LogP contribution < -0.4 is 0 Å². The van der Waals surface area contributed by atoms with Gasteiger partial charge in [-0.25, -0.2) is 0 Å². The highest BCUT2D eigenvalue weighted by atomic mass is 32.2. The number of carbonyl (C=O) groups is 1. The molecule has 2 rings (SSSR count). The van der Waals surface area contributed by atoms with E-state index in [-0.39, 0.29) is 10.7 Å². The van der Waals surface area contributed by atoms with E-state index in [1.807, 2.05) is 5.38 Å². The molecule has 1 unspecified atom stereocenters. The van der Waals surface area contributed by atoms with E-state index in [1.54, 1.807) is 22.5 Å². The van der Waals surface area contributed by atoms with E-state index in [2.05, 4.69) is 19.6 Å². The maximum atomic E-state index is 12.1. The minimum Gasteiger partial charge on any atom is -0.333 e. The molecule has 1 amide bonds. The van der Waals surface area contributed by atoms with Crippen LogP contribution in [0.5, 0.6) is 0 Å². The van der Waals surface area contributed by atoms with Crippen molar-refractivity contribution in [3.63, 3.8) is 0 Å². The lowest BCUT2D eigenvalue weighted by atomic mass is 9.83. The van der Waals surface area contributed by atoms with Crippen LogP contribution >= 0.6 is 11.3 Å². The van der Waals surface area contributed by atoms with Gasteiger partial charge in [-0.2, -0.15) is 0 Å². The van der Waals surface area contributed by atoms with Crippen LogP contribution in [0.1, 0.15) is 29.7 Å². The second-order valence-corrected chi connectivity index (χ2v) is 8.29. The minimum atomic E-state index is -0.901. The van der Waals surface area contributed by atoms with E-state index >= 15 is 0 Å². The summed E-state index contributed by atoms with van der Waals surface area (Å²) in [7, 11) is -0.901. The number of amides is 1. The number of carbonyl (C=O) groups excluding carboxylic acids is 1. The fraction of sp³-hybridized carbons (Fsp3) is 0.533. The molecular formula is C15H21NO2S2. The molecule has 0 N–H and O–H groups in total. The van der Waals surface area contributed by atoms with Gasteiger partial charge in [0.1, 0.15) is 0 Å². The molecule has 0 aliphatic heterocycles. The summed E-state index contributed by atoms with van der Waals surface area (Å²) in [6.07, 6.45) is 6.10. The van der Waals surface area contributed by atoms with Gasteiger partial charge in [-0.1, -0.05) is 13.0 Å². The molecule has 1 aromatic rings. The second kappa shape index (κ2) is 6.22. The van der Waals surface area contributed by atoms with Gasteiger partial charge in [0.2, 0.25) is 5.91 Å². The SMILES string of the molecule is C=CC(=O)N(Cc1ccsc1C)CC1(S(C)=O)CCC1. The molecule has 1 heterocycles. The number of hydrogen-bond donors (Lipinski definition) is 0. The van der Waals surface area contributed by atoms with Crippen LogP contribution in [-0.4, -0.2) is 32.6 Å². The van der Waals surface area contributed by atoms with Gasteiger partial charge in [-0.05, 0) is 42.9 Å². The number of aryl methyl sites for hydroxylation is 1. The maximum Gasteiger partial charge on any atom is 0.246 e. The van der Waals surface area contributed by atoms with Gasteiger partial charge < -0.3 is 4.90 Å². The van der Waals surface area contributed by atoms with E-state index in [1.165, 1.54) is 16.5 Å². The zero-order valence-electron chi connectivity index (χ0n) is 12.1. The fourth-order valence-electron chi connectivity index (χ4n) is 2.58. The van der Waals surface area contributed by atoms with E-state index in [9.17, 15) is 9.00 Å². The molecule has 20 heavy (non-hydrogen) atoms. The Balaban J connectivity index is 2.16. The third-order valence-corrected chi connectivity index (χ3v) is 6.81. The lowest BCUT2D eigenvalue weighted by Crippen LogP contribution is -2.51. The van der Waals surface area contributed by atoms with Crippen molar-refractivity contribution in [1.82, 2.24) is 4.90 Å². The first-order valence-corrected chi connectivity index (χ1v) is 9.20. The van der Waals surface area contributed by atoms with Gasteiger partial charge in [-0.15, -0.1) is 11.3 Å². The molecule has 1 fully saturated rings. The predicted octanol–water partition coefficient (Wildman–Crippen LogP) is 2.87. The molecule has 110 valence electrons. The third kappa shape index (κ3) is 3.04. The first-order valence-electron chi connectivity index (χ1n) is 6.76. The second-order valence-electron chi connectivity index (χ2n) is 5.39. The van der Waals surface area contributed by atoms with Gasteiger partial charge in [0, 0.05) is 35.0 Å². The molecule has 1 saturated carbocycles. The highest BCUT2D eigenvalue weighted by molar-refractivity contribution is 7.85. The molecule has 1 aromatic heterocycles. The van der Waals surface area contributed by atoms with Gasteiger partial charge >= 0.3 is 0 Å². The normalized spacial score (nSPS) is 18.1. The largest absolute Gasteiger partial charge is 0.333 e. The average Bonchev–Trinajstić information content (AvgIpc) is 2.76. The summed E-state index contributed by atoms with van der Waals surface area (Å²) < 4.78 is 11.8. The minimum absolute atomic E-state index is 0.0766. The summed E-state index contributed by atoms with van der Waals surface area (Å²) >= 11 is 1.69. The van der Waals surface area contributed by atoms with Crippen LogP contribution in [0.15, 0.2) is 24.1 Å². The lowest BCUT2D eigenvalue weighted by molar-refractivity contribution is -0.127. The smallest absolute Gasteiger partial charge is 0.246 e. The molecular weight excluding hydrogens is 290 g/mol. The van der Waals surface area contributed by atoms with Crippen LogP contribution in [0.3, 0.4) is 0 Å². The van der Waals surface area contributed by atoms with Crippen molar-refractivity contribution in [2.75, 3.05) is 12.8 Å². The van der Waals surface area contributed by atoms with Crippen LogP contribution in [-0.2, 0) is 22.1 Å². The van der Waals surface area contributed by atoms with Crippen LogP contribution in [0.4, 0.5) is 0 Å². The van der Waals surface area contributed by atoms with Crippen molar-refractivity contribution in [3.05, 3.63) is 34.5 Å². The zero-order chi connectivity index (χ0) is 14.8. The molecule has 3 nitrogen and oxygen atoms in total. The Morgan fingerprint density at radius 3 is 2.70 bits per heavy atom. The highest BCUT2D eigenvalue weighted by Crippen LogP contribution is 2.38. The topological polar surface area (TPSA) is 37.4 Å². The maximum absolute atomic E-state index is 12.1. The summed E-state index contributed by atoms with van der Waals surface area (Å²) in [6.45, 7) is 6.80. The zero-order valence-corrected chi connectivity index (χ0v) is 13.7. The molecule has 5 heteroatoms. The van der Waals surface area contributed by atoms with E-state index in [0.717, 1.165) is 19.3 Å². The van der Waals surface area contributed by atoms with Gasteiger partial charge in [-0.3, -0.25) is 9.00 Å². The quantitative estimate of drug-likeness (QED) is 0.758. The van der Waals surface area contributed by atoms with E-state index in [0.29, 0.717) is 13.1 Å². The summed E-state index contributed by atoms with van der Waals surface area (Å²) in [5.74, 6) is -0.0766. The molecule has 0 aromatic carbocycles. The molecule has 0 radical (unpaired) electrons. The number of rotatable bonds is 6. The molecule has 1 aliphatic carbocycles. The Hall–Kier alpha value is -0.940. The highest BCUT2D eigenvalue weighted by Gasteiger charge is 2.43. The third-order valence-electron chi connectivity index (χ3n) is 4.17. The first kappa shape index (κ1) is 15.4. The van der Waals surface area contributed by atoms with Gasteiger partial charge in [0.15, 0.2) is 0 Å². The molecule has 1 aliphatic rings. The first-order chi connectivity index (χ1) is 9.48. The Morgan fingerprint density at radius 1 is 1.60 bits per heavy atom. The van der Waals surface area contributed by atoms with Gasteiger partial charge in [0.05, 0.1) is 4.75 Å². The van der Waals surface area contributed by atoms with Crippen LogP contribution in [0, 0.1) is 6.92 Å². The molecule has 0 saturated heterocycles. The van der Waals surface area contributed by atoms with Crippen LogP contribution in [0.2, 0.25) is 0 Å². The summed E-state index contributed by atoms with van der Waals surface area (Å²) in [4.78, 5) is 15.1. The average molecular weight is 311 g/mol. The Kier molecular flexibility index (Phi) is 4.81. The van der Waals surface area contributed by atoms with Crippen molar-refractivity contribution in [2.45, 2.75) is 37.5 Å². The Morgan fingerprint density at radius 2 is 2.30 bits per heavy atom. The van der Waals surface area contributed by atoms with Crippen molar-refractivity contribution < 1.29 is 9.00 Å². The monoisotopic (exact) mass is 311 g/mol. The summed E-state index contributed by atoms with van der Waals surface area (Å²) in [5, 5.41) is 2.04. The molecule has 1 atom stereocenters. The summed E-state index contributed by atoms with van der Waals surface area (Å²) in [6, 6.07) is 2.06. The van der Waals surface area contributed by atoms with Crippen LogP contribution in [0.25, 0.3) is 0 Å². The Labute approximate surface area is 127 Å². The standard InChI is InChI=1S/C15H21NO2S2/c1-4-14(17)16(10-13-6-9-19-12(13)2)11-15(20(3)18)7-5-8-15/h4,6,9H,1,5,7-8,10-11H2,2-3H3. The molecule has 0 spiro atoms. The predicted molar refractivity (Wildman–Crippen MR) is 85.3 cm³/mol. The Bertz CT molecular complexity index is 532. The molecule has 0 bridgehead atoms. The number of thiophene rings is 1. The van der Waals surface area contributed by atoms with E-state index in [4.69, 9.17) is 0 Å². The fourth-order valence-corrected chi connectivity index (χ4v) is 4.50.